The van der Waals surface area contributed by atoms with E-state index >= 15 is 0 Å². The van der Waals surface area contributed by atoms with Crippen LogP contribution in [0.15, 0.2) is 64.2 Å². The lowest BCUT2D eigenvalue weighted by molar-refractivity contribution is -0.119. The number of rotatable bonds is 7. The Morgan fingerprint density at radius 2 is 2.00 bits per heavy atom. The Morgan fingerprint density at radius 3 is 2.82 bits per heavy atom. The molecule has 3 aromatic carbocycles. The number of amides is 1. The average Bonchev–Trinajstić information content (AvgIpc) is 2.70. The largest absolute Gasteiger partial charge is 0.503 e. The van der Waals surface area contributed by atoms with E-state index in [1.165, 1.54) is 6.21 Å². The molecule has 28 heavy (non-hydrogen) atoms. The molecule has 0 unspecified atom stereocenters. The summed E-state index contributed by atoms with van der Waals surface area (Å²) in [5.74, 6) is 0.108. The highest BCUT2D eigenvalue weighted by atomic mass is 79.9. The Bertz CT molecular complexity index is 1020. The number of carbonyl (C=O) groups is 1. The topological polar surface area (TPSA) is 83.0 Å². The van der Waals surface area contributed by atoms with Gasteiger partial charge in [-0.25, -0.2) is 5.43 Å². The number of hydrogen-bond acceptors (Lipinski definition) is 5. The van der Waals surface area contributed by atoms with Gasteiger partial charge in [0.25, 0.3) is 5.91 Å². The molecular weight excluding hydrogens is 422 g/mol. The van der Waals surface area contributed by atoms with Crippen LogP contribution in [0.3, 0.4) is 0 Å². The van der Waals surface area contributed by atoms with E-state index in [1.807, 2.05) is 49.4 Å². The maximum Gasteiger partial charge on any atom is 0.259 e. The van der Waals surface area contributed by atoms with Crippen LogP contribution in [0.5, 0.6) is 11.5 Å². The quantitative estimate of drug-likeness (QED) is 0.377. The smallest absolute Gasteiger partial charge is 0.259 e. The van der Waals surface area contributed by atoms with Gasteiger partial charge in [-0.05, 0) is 52.0 Å². The lowest BCUT2D eigenvalue weighted by Gasteiger charge is -2.09. The predicted molar refractivity (Wildman–Crippen MR) is 115 cm³/mol. The molecule has 6 nitrogen and oxygen atoms in total. The summed E-state index contributed by atoms with van der Waals surface area (Å²) in [6, 6.07) is 17.2. The number of aromatic hydroxyl groups is 1. The van der Waals surface area contributed by atoms with Crippen LogP contribution >= 0.6 is 15.9 Å². The van der Waals surface area contributed by atoms with Crippen molar-refractivity contribution in [2.75, 3.05) is 18.5 Å². The van der Waals surface area contributed by atoms with Gasteiger partial charge in [-0.3, -0.25) is 4.79 Å². The second-order valence-electron chi connectivity index (χ2n) is 5.96. The maximum absolute atomic E-state index is 12.1. The molecule has 0 aliphatic rings. The average molecular weight is 442 g/mol. The molecule has 3 aromatic rings. The first-order valence-corrected chi connectivity index (χ1v) is 9.56. The molecule has 0 spiro atoms. The molecule has 0 bridgehead atoms. The van der Waals surface area contributed by atoms with Crippen molar-refractivity contribution >= 4 is 44.5 Å². The van der Waals surface area contributed by atoms with Crippen LogP contribution in [0.4, 0.5) is 5.69 Å². The van der Waals surface area contributed by atoms with Gasteiger partial charge < -0.3 is 15.2 Å². The molecule has 3 rings (SSSR count). The number of hydrazone groups is 1. The molecule has 0 saturated heterocycles. The number of phenols is 1. The number of fused-ring (bicyclic) bond motifs is 1. The van der Waals surface area contributed by atoms with Gasteiger partial charge in [-0.15, -0.1) is 0 Å². The van der Waals surface area contributed by atoms with Crippen LogP contribution in [0.2, 0.25) is 0 Å². The lowest BCUT2D eigenvalue weighted by Crippen LogP contribution is -2.25. The second kappa shape index (κ2) is 9.23. The van der Waals surface area contributed by atoms with Crippen LogP contribution in [0.1, 0.15) is 12.5 Å². The molecule has 0 aliphatic heterocycles. The minimum atomic E-state index is -0.271. The van der Waals surface area contributed by atoms with Gasteiger partial charge in [0.15, 0.2) is 11.5 Å². The molecule has 7 heteroatoms. The number of ether oxygens (including phenoxy) is 1. The summed E-state index contributed by atoms with van der Waals surface area (Å²) in [7, 11) is 0. The van der Waals surface area contributed by atoms with Crippen LogP contribution in [-0.2, 0) is 4.79 Å². The van der Waals surface area contributed by atoms with Crippen molar-refractivity contribution in [1.29, 1.82) is 0 Å². The van der Waals surface area contributed by atoms with Crippen molar-refractivity contribution in [1.82, 2.24) is 5.43 Å². The lowest BCUT2D eigenvalue weighted by atomic mass is 10.1. The van der Waals surface area contributed by atoms with Gasteiger partial charge in [-0.2, -0.15) is 5.10 Å². The van der Waals surface area contributed by atoms with Crippen molar-refractivity contribution in [3.63, 3.8) is 0 Å². The van der Waals surface area contributed by atoms with E-state index in [-0.39, 0.29) is 18.2 Å². The minimum Gasteiger partial charge on any atom is -0.503 e. The van der Waals surface area contributed by atoms with Gasteiger partial charge in [0.05, 0.1) is 23.8 Å². The van der Waals surface area contributed by atoms with Crippen molar-refractivity contribution in [3.8, 4) is 11.5 Å². The molecule has 0 atom stereocenters. The number of phenolic OH excluding ortho intramolecular Hbond substituents is 1. The SMILES string of the molecule is CCOc1cc(C=NNC(=O)CNc2cccc3ccccc23)cc(Br)c1O. The van der Waals surface area contributed by atoms with Crippen LogP contribution in [0.25, 0.3) is 10.8 Å². The van der Waals surface area contributed by atoms with E-state index in [0.29, 0.717) is 22.4 Å². The summed E-state index contributed by atoms with van der Waals surface area (Å²) < 4.78 is 5.86. The number of halogens is 1. The Labute approximate surface area is 171 Å². The zero-order valence-electron chi connectivity index (χ0n) is 15.3. The molecule has 0 fully saturated rings. The first-order valence-electron chi connectivity index (χ1n) is 8.77. The summed E-state index contributed by atoms with van der Waals surface area (Å²) in [5.41, 5.74) is 4.05. The number of anilines is 1. The fourth-order valence-electron chi connectivity index (χ4n) is 2.71. The number of nitrogens with zero attached hydrogens (tertiary/aromatic N) is 1. The number of hydrogen-bond donors (Lipinski definition) is 3. The fraction of sp³-hybridized carbons (Fsp3) is 0.143. The number of benzene rings is 3. The molecule has 0 radical (unpaired) electrons. The summed E-state index contributed by atoms with van der Waals surface area (Å²) >= 11 is 3.27. The summed E-state index contributed by atoms with van der Waals surface area (Å²) in [5, 5.41) is 19.2. The standard InChI is InChI=1S/C21H20BrN3O3/c1-2-28-19-11-14(10-17(22)21(19)27)12-24-25-20(26)13-23-18-9-5-7-15-6-3-4-8-16(15)18/h3-12,23,27H,2,13H2,1H3,(H,25,26). The third kappa shape index (κ3) is 4.80. The zero-order valence-corrected chi connectivity index (χ0v) is 16.9. The summed E-state index contributed by atoms with van der Waals surface area (Å²) in [4.78, 5) is 12.1. The minimum absolute atomic E-state index is 0.0299. The number of carbonyl (C=O) groups excluding carboxylic acids is 1. The highest BCUT2D eigenvalue weighted by molar-refractivity contribution is 9.10. The number of nitrogens with one attached hydrogen (secondary N) is 2. The third-order valence-electron chi connectivity index (χ3n) is 3.98. The van der Waals surface area contributed by atoms with E-state index in [4.69, 9.17) is 4.74 Å². The Balaban J connectivity index is 1.60. The van der Waals surface area contributed by atoms with E-state index in [0.717, 1.165) is 16.5 Å². The van der Waals surface area contributed by atoms with Crippen LogP contribution in [-0.4, -0.2) is 30.4 Å². The molecule has 0 heterocycles. The Morgan fingerprint density at radius 1 is 1.21 bits per heavy atom. The summed E-state index contributed by atoms with van der Waals surface area (Å²) in [6.07, 6.45) is 1.49. The fourth-order valence-corrected chi connectivity index (χ4v) is 3.17. The van der Waals surface area contributed by atoms with Gasteiger partial charge in [0.2, 0.25) is 0 Å². The highest BCUT2D eigenvalue weighted by Crippen LogP contribution is 2.35. The van der Waals surface area contributed by atoms with E-state index in [9.17, 15) is 9.90 Å². The van der Waals surface area contributed by atoms with Gasteiger partial charge in [-0.1, -0.05) is 36.4 Å². The highest BCUT2D eigenvalue weighted by Gasteiger charge is 2.08. The Kier molecular flexibility index (Phi) is 6.49. The van der Waals surface area contributed by atoms with Gasteiger partial charge in [0.1, 0.15) is 0 Å². The molecule has 144 valence electrons. The molecule has 3 N–H and O–H groups in total. The first kappa shape index (κ1) is 19.7. The first-order chi connectivity index (χ1) is 13.6. The monoisotopic (exact) mass is 441 g/mol. The Hall–Kier alpha value is -3.06. The van der Waals surface area contributed by atoms with Crippen molar-refractivity contribution in [2.24, 2.45) is 5.10 Å². The van der Waals surface area contributed by atoms with Gasteiger partial charge in [0, 0.05) is 11.1 Å². The van der Waals surface area contributed by atoms with E-state index < -0.39 is 0 Å². The predicted octanol–water partition coefficient (Wildman–Crippen LogP) is 4.27. The summed E-state index contributed by atoms with van der Waals surface area (Å²) in [6.45, 7) is 2.35. The van der Waals surface area contributed by atoms with Crippen LogP contribution in [0, 0.1) is 0 Å². The molecule has 0 aliphatic carbocycles. The van der Waals surface area contributed by atoms with Crippen molar-refractivity contribution < 1.29 is 14.6 Å². The second-order valence-corrected chi connectivity index (χ2v) is 6.81. The van der Waals surface area contributed by atoms with Gasteiger partial charge >= 0.3 is 0 Å². The molecule has 1 amide bonds. The molecule has 0 saturated carbocycles. The van der Waals surface area contributed by atoms with Crippen molar-refractivity contribution in [3.05, 3.63) is 64.6 Å². The third-order valence-corrected chi connectivity index (χ3v) is 4.59. The van der Waals surface area contributed by atoms with Crippen molar-refractivity contribution in [2.45, 2.75) is 6.92 Å². The van der Waals surface area contributed by atoms with Crippen LogP contribution < -0.4 is 15.5 Å². The molecule has 0 aromatic heterocycles. The van der Waals surface area contributed by atoms with E-state index in [1.54, 1.807) is 12.1 Å². The molecular formula is C21H20BrN3O3. The maximum atomic E-state index is 12.1. The normalized spacial score (nSPS) is 10.9. The zero-order chi connectivity index (χ0) is 19.9. The van der Waals surface area contributed by atoms with E-state index in [2.05, 4.69) is 31.8 Å².